The third kappa shape index (κ3) is 6.71. The van der Waals surface area contributed by atoms with Crippen molar-refractivity contribution in [2.45, 2.75) is 69.3 Å². The minimum absolute atomic E-state index is 0.140. The molecular weight excluding hydrogens is 548 g/mol. The lowest BCUT2D eigenvalue weighted by Crippen LogP contribution is -2.48. The Balaban J connectivity index is 1.89. The first kappa shape index (κ1) is 30.0. The largest absolute Gasteiger partial charge is 0.462 e. The van der Waals surface area contributed by atoms with Crippen LogP contribution in [-0.4, -0.2) is 62.6 Å². The first-order chi connectivity index (χ1) is 17.8. The number of ether oxygens (including phenoxy) is 2. The highest BCUT2D eigenvalue weighted by atomic mass is 35.5. The fraction of sp³-hybridized carbons (Fsp3) is 0.522. The first-order valence-corrected chi connectivity index (χ1v) is 13.6. The minimum atomic E-state index is -4.38. The van der Waals surface area contributed by atoms with Gasteiger partial charge in [-0.25, -0.2) is 13.8 Å². The molecular formula is C23H30ClFN3O9P. The zero-order chi connectivity index (χ0) is 28.3. The molecule has 3 N–H and O–H groups in total. The molecule has 0 saturated carbocycles. The van der Waals surface area contributed by atoms with Gasteiger partial charge in [0.2, 0.25) is 0 Å². The Morgan fingerprint density at radius 3 is 2.50 bits per heavy atom. The van der Waals surface area contributed by atoms with Gasteiger partial charge in [0, 0.05) is 12.3 Å². The second kappa shape index (κ2) is 12.1. The van der Waals surface area contributed by atoms with Crippen molar-refractivity contribution in [3.05, 3.63) is 63.4 Å². The number of aromatic amines is 1. The highest BCUT2D eigenvalue weighted by molar-refractivity contribution is 7.52. The molecule has 1 aromatic carbocycles. The van der Waals surface area contributed by atoms with Gasteiger partial charge in [-0.3, -0.25) is 23.7 Å². The maximum Gasteiger partial charge on any atom is 0.459 e. The number of hydrogen-bond donors (Lipinski definition) is 3. The Bertz CT molecular complexity index is 1280. The van der Waals surface area contributed by atoms with Crippen LogP contribution in [0.25, 0.3) is 0 Å². The molecule has 2 aromatic rings. The fourth-order valence-electron chi connectivity index (χ4n) is 3.78. The van der Waals surface area contributed by atoms with E-state index < -0.39 is 73.2 Å². The van der Waals surface area contributed by atoms with E-state index in [4.69, 9.17) is 30.1 Å². The quantitative estimate of drug-likeness (QED) is 0.205. The highest BCUT2D eigenvalue weighted by Crippen LogP contribution is 2.50. The molecule has 12 nitrogen and oxygen atoms in total. The molecule has 0 aliphatic carbocycles. The Labute approximate surface area is 222 Å². The minimum Gasteiger partial charge on any atom is -0.462 e. The maximum absolute atomic E-state index is 14.2. The lowest BCUT2D eigenvalue weighted by Gasteiger charge is -2.30. The van der Waals surface area contributed by atoms with Crippen molar-refractivity contribution in [2.75, 3.05) is 6.67 Å². The van der Waals surface area contributed by atoms with Crippen LogP contribution in [0.2, 0.25) is 0 Å². The number of rotatable bonds is 11. The van der Waals surface area contributed by atoms with E-state index in [1.165, 1.54) is 26.0 Å². The summed E-state index contributed by atoms with van der Waals surface area (Å²) < 4.78 is 51.0. The topological polar surface area (TPSA) is 158 Å². The van der Waals surface area contributed by atoms with E-state index in [9.17, 15) is 28.4 Å². The van der Waals surface area contributed by atoms with E-state index in [1.807, 2.05) is 4.98 Å². The average Bonchev–Trinajstić information content (AvgIpc) is 3.10. The molecule has 1 aromatic heterocycles. The van der Waals surface area contributed by atoms with Gasteiger partial charge in [0.1, 0.15) is 35.5 Å². The van der Waals surface area contributed by atoms with Crippen LogP contribution in [0, 0.1) is 0 Å². The predicted octanol–water partition coefficient (Wildman–Crippen LogP) is 2.26. The third-order valence-corrected chi connectivity index (χ3v) is 7.88. The molecule has 210 valence electrons. The third-order valence-electron chi connectivity index (χ3n) is 5.60. The Morgan fingerprint density at radius 1 is 1.26 bits per heavy atom. The number of nitrogens with zero attached hydrogens (tertiary/aromatic N) is 1. The van der Waals surface area contributed by atoms with Crippen LogP contribution in [-0.2, 0) is 23.4 Å². The molecule has 3 rings (SSSR count). The number of hydrogen-bond acceptors (Lipinski definition) is 9. The van der Waals surface area contributed by atoms with Crippen molar-refractivity contribution in [1.29, 1.82) is 0 Å². The van der Waals surface area contributed by atoms with Crippen molar-refractivity contribution in [1.82, 2.24) is 14.6 Å². The highest BCUT2D eigenvalue weighted by Gasteiger charge is 2.59. The van der Waals surface area contributed by atoms with Gasteiger partial charge in [0.15, 0.2) is 6.23 Å². The molecule has 2 heterocycles. The van der Waals surface area contributed by atoms with Crippen LogP contribution in [0.5, 0.6) is 5.75 Å². The van der Waals surface area contributed by atoms with Crippen LogP contribution in [0.1, 0.15) is 33.9 Å². The Kier molecular flexibility index (Phi) is 9.56. The lowest BCUT2D eigenvalue weighted by molar-refractivity contribution is -0.149. The van der Waals surface area contributed by atoms with Gasteiger partial charge in [-0.05, 0) is 39.8 Å². The van der Waals surface area contributed by atoms with Crippen molar-refractivity contribution < 1.29 is 37.4 Å². The molecule has 38 heavy (non-hydrogen) atoms. The molecule has 1 unspecified atom stereocenters. The van der Waals surface area contributed by atoms with Crippen molar-refractivity contribution >= 4 is 25.3 Å². The zero-order valence-corrected chi connectivity index (χ0v) is 22.7. The number of aliphatic hydroxyl groups excluding tert-OH is 1. The van der Waals surface area contributed by atoms with E-state index in [0.29, 0.717) is 0 Å². The van der Waals surface area contributed by atoms with Crippen LogP contribution in [0.15, 0.2) is 52.2 Å². The summed E-state index contributed by atoms with van der Waals surface area (Å²) in [5.74, 6) is -0.582. The van der Waals surface area contributed by atoms with Gasteiger partial charge < -0.3 is 19.1 Å². The summed E-state index contributed by atoms with van der Waals surface area (Å²) in [4.78, 5) is 36.0. The lowest BCUT2D eigenvalue weighted by atomic mass is 9.97. The van der Waals surface area contributed by atoms with Crippen molar-refractivity contribution in [3.8, 4) is 5.75 Å². The zero-order valence-electron chi connectivity index (χ0n) is 21.1. The number of para-hydroxylation sites is 1. The number of aliphatic hydroxyl groups is 1. The molecule has 1 aliphatic rings. The standard InChI is InChI=1S/C23H30ClFN3O9P/c1-13(2)34-20(31)14(3)27-38(33,37-16-8-6-5-7-9-16)36-15(4)18-19(30)23(24,12-25)21(35-18)28-11-10-17(29)26-22(28)32/h5-11,13-15,18-19,21,30H,12H2,1-4H3,(H,27,33)(H,26,29,32)/t14-,15+,18+,19?,21+,23+,38-/m0/s1. The van der Waals surface area contributed by atoms with Crippen LogP contribution in [0.3, 0.4) is 0 Å². The first-order valence-electron chi connectivity index (χ1n) is 11.7. The summed E-state index contributed by atoms with van der Waals surface area (Å²) in [5, 5.41) is 13.4. The summed E-state index contributed by atoms with van der Waals surface area (Å²) in [7, 11) is -4.38. The Hall–Kier alpha value is -2.54. The van der Waals surface area contributed by atoms with Crippen LogP contribution < -0.4 is 20.9 Å². The second-order valence-corrected chi connectivity index (χ2v) is 11.4. The number of carbonyl (C=O) groups is 1. The summed E-state index contributed by atoms with van der Waals surface area (Å²) in [6.07, 6.45) is -5.41. The summed E-state index contributed by atoms with van der Waals surface area (Å²) in [6.45, 7) is 4.72. The molecule has 0 spiro atoms. The van der Waals surface area contributed by atoms with Crippen molar-refractivity contribution in [3.63, 3.8) is 0 Å². The Morgan fingerprint density at radius 2 is 1.92 bits per heavy atom. The number of esters is 1. The number of carbonyl (C=O) groups excluding carboxylic acids is 1. The second-order valence-electron chi connectivity index (χ2n) is 9.02. The molecule has 0 amide bonds. The number of benzene rings is 1. The number of nitrogens with one attached hydrogen (secondary N) is 2. The van der Waals surface area contributed by atoms with Gasteiger partial charge in [-0.1, -0.05) is 18.2 Å². The van der Waals surface area contributed by atoms with Gasteiger partial charge in [-0.2, -0.15) is 5.09 Å². The molecule has 0 radical (unpaired) electrons. The fourth-order valence-corrected chi connectivity index (χ4v) is 5.75. The van der Waals surface area contributed by atoms with Gasteiger partial charge in [0.25, 0.3) is 5.56 Å². The van der Waals surface area contributed by atoms with Crippen LogP contribution in [0.4, 0.5) is 4.39 Å². The van der Waals surface area contributed by atoms with E-state index in [1.54, 1.807) is 32.0 Å². The number of halogens is 2. The summed E-state index contributed by atoms with van der Waals surface area (Å²) >= 11 is 6.40. The van der Waals surface area contributed by atoms with Crippen LogP contribution >= 0.6 is 19.3 Å². The number of alkyl halides is 2. The van der Waals surface area contributed by atoms with Gasteiger partial charge >= 0.3 is 19.4 Å². The molecule has 7 atom stereocenters. The van der Waals surface area contributed by atoms with E-state index in [0.717, 1.165) is 16.8 Å². The average molecular weight is 578 g/mol. The predicted molar refractivity (Wildman–Crippen MR) is 135 cm³/mol. The van der Waals surface area contributed by atoms with E-state index in [2.05, 4.69) is 5.09 Å². The normalized spacial score (nSPS) is 26.5. The number of H-pyrrole nitrogens is 1. The van der Waals surface area contributed by atoms with Gasteiger partial charge in [-0.15, -0.1) is 11.6 Å². The van der Waals surface area contributed by atoms with Crippen molar-refractivity contribution in [2.24, 2.45) is 0 Å². The summed E-state index contributed by atoms with van der Waals surface area (Å²) in [6, 6.07) is 7.83. The molecule has 1 saturated heterocycles. The molecule has 0 bridgehead atoms. The monoisotopic (exact) mass is 577 g/mol. The maximum atomic E-state index is 14.2. The molecule has 15 heteroatoms. The SMILES string of the molecule is CC(C)OC(=O)[C@H](C)N[P@@](=O)(Oc1ccccc1)O[C@H](C)[C@H]1O[C@@H](n2ccc(=O)[nH]c2=O)[C@@](Cl)(CF)C1O. The molecule has 1 aliphatic heterocycles. The summed E-state index contributed by atoms with van der Waals surface area (Å²) in [5.41, 5.74) is -1.65. The van der Waals surface area contributed by atoms with E-state index >= 15 is 0 Å². The van der Waals surface area contributed by atoms with E-state index in [-0.39, 0.29) is 5.75 Å². The molecule has 1 fully saturated rings. The van der Waals surface area contributed by atoms with Gasteiger partial charge in [0.05, 0.1) is 12.2 Å². The number of aromatic nitrogens is 2. The smallest absolute Gasteiger partial charge is 0.459 e.